The van der Waals surface area contributed by atoms with E-state index < -0.39 is 5.97 Å². The number of hydrogen-bond acceptors (Lipinski definition) is 2. The number of nitrogens with zero attached hydrogens (tertiary/aromatic N) is 2. The van der Waals surface area contributed by atoms with Gasteiger partial charge < -0.3 is 9.67 Å². The van der Waals surface area contributed by atoms with Crippen molar-refractivity contribution in [1.82, 2.24) is 9.55 Å². The van der Waals surface area contributed by atoms with Crippen LogP contribution in [0.25, 0.3) is 11.0 Å². The average molecular weight is 225 g/mol. The highest BCUT2D eigenvalue weighted by atomic mass is 35.5. The second-order valence-electron chi connectivity index (χ2n) is 3.16. The lowest BCUT2D eigenvalue weighted by Crippen LogP contribution is -1.98. The van der Waals surface area contributed by atoms with Crippen molar-refractivity contribution in [2.75, 3.05) is 0 Å². The highest BCUT2D eigenvalue weighted by Crippen LogP contribution is 2.23. The molecule has 4 nitrogen and oxygen atoms in total. The maximum Gasteiger partial charge on any atom is 0.337 e. The molecular weight excluding hydrogens is 216 g/mol. The van der Waals surface area contributed by atoms with Gasteiger partial charge in [-0.3, -0.25) is 0 Å². The van der Waals surface area contributed by atoms with E-state index in [9.17, 15) is 4.79 Å². The Balaban J connectivity index is 2.72. The highest BCUT2D eigenvalue weighted by molar-refractivity contribution is 6.34. The van der Waals surface area contributed by atoms with E-state index >= 15 is 0 Å². The van der Waals surface area contributed by atoms with E-state index in [2.05, 4.69) is 4.98 Å². The van der Waals surface area contributed by atoms with Crippen LogP contribution in [0.3, 0.4) is 0 Å². The summed E-state index contributed by atoms with van der Waals surface area (Å²) >= 11 is 5.86. The van der Waals surface area contributed by atoms with Crippen molar-refractivity contribution in [1.29, 1.82) is 0 Å². The Kier molecular flexibility index (Phi) is 2.36. The Morgan fingerprint density at radius 1 is 1.60 bits per heavy atom. The Morgan fingerprint density at radius 2 is 2.33 bits per heavy atom. The SMILES string of the molecule is CCn1cnc2cc(C(=O)O)c(Cl)cc21. The van der Waals surface area contributed by atoms with E-state index in [0.717, 1.165) is 12.1 Å². The molecule has 1 heterocycles. The van der Waals surface area contributed by atoms with Crippen molar-refractivity contribution >= 4 is 28.6 Å². The number of aromatic nitrogens is 2. The Bertz CT molecular complexity index is 533. The molecule has 0 bridgehead atoms. The molecule has 0 aliphatic rings. The largest absolute Gasteiger partial charge is 0.478 e. The van der Waals surface area contributed by atoms with Crippen LogP contribution in [-0.4, -0.2) is 20.6 Å². The molecule has 1 aromatic heterocycles. The molecule has 2 aromatic rings. The van der Waals surface area contributed by atoms with Gasteiger partial charge in [0.05, 0.1) is 27.9 Å². The molecule has 0 saturated carbocycles. The van der Waals surface area contributed by atoms with Crippen LogP contribution in [0.4, 0.5) is 0 Å². The van der Waals surface area contributed by atoms with Crippen LogP contribution >= 0.6 is 11.6 Å². The lowest BCUT2D eigenvalue weighted by atomic mass is 10.2. The molecule has 0 saturated heterocycles. The maximum absolute atomic E-state index is 10.8. The monoisotopic (exact) mass is 224 g/mol. The standard InChI is InChI=1S/C10H9ClN2O2/c1-2-13-5-12-8-3-6(10(14)15)7(11)4-9(8)13/h3-5H,2H2,1H3,(H,14,15). The Labute approximate surface area is 91.1 Å². The number of carboxylic acids is 1. The summed E-state index contributed by atoms with van der Waals surface area (Å²) in [4.78, 5) is 14.9. The summed E-state index contributed by atoms with van der Waals surface area (Å²) in [7, 11) is 0. The van der Waals surface area contributed by atoms with Gasteiger partial charge in [0, 0.05) is 6.54 Å². The topological polar surface area (TPSA) is 55.1 Å². The van der Waals surface area contributed by atoms with E-state index in [1.165, 1.54) is 6.07 Å². The number of halogens is 1. The van der Waals surface area contributed by atoms with Gasteiger partial charge in [0.15, 0.2) is 0 Å². The summed E-state index contributed by atoms with van der Waals surface area (Å²) < 4.78 is 1.91. The predicted molar refractivity (Wildman–Crippen MR) is 57.4 cm³/mol. The molecule has 2 rings (SSSR count). The number of rotatable bonds is 2. The highest BCUT2D eigenvalue weighted by Gasteiger charge is 2.12. The van der Waals surface area contributed by atoms with Crippen LogP contribution in [0, 0.1) is 0 Å². The van der Waals surface area contributed by atoms with E-state index in [1.54, 1.807) is 12.4 Å². The molecule has 78 valence electrons. The van der Waals surface area contributed by atoms with E-state index in [1.807, 2.05) is 11.5 Å². The number of aryl methyl sites for hydroxylation is 1. The molecule has 0 unspecified atom stereocenters. The molecule has 5 heteroatoms. The second kappa shape index (κ2) is 3.55. The fraction of sp³-hybridized carbons (Fsp3) is 0.200. The normalized spacial score (nSPS) is 10.8. The lowest BCUT2D eigenvalue weighted by Gasteiger charge is -2.01. The van der Waals surface area contributed by atoms with Gasteiger partial charge >= 0.3 is 5.97 Å². The fourth-order valence-corrected chi connectivity index (χ4v) is 1.73. The minimum atomic E-state index is -1.03. The number of benzene rings is 1. The van der Waals surface area contributed by atoms with Gasteiger partial charge in [-0.25, -0.2) is 9.78 Å². The van der Waals surface area contributed by atoms with Crippen molar-refractivity contribution in [3.05, 3.63) is 29.0 Å². The molecular formula is C10H9ClN2O2. The molecule has 1 aromatic carbocycles. The van der Waals surface area contributed by atoms with Gasteiger partial charge in [0.25, 0.3) is 0 Å². The van der Waals surface area contributed by atoms with Crippen LogP contribution in [0.1, 0.15) is 17.3 Å². The number of aromatic carboxylic acids is 1. The Morgan fingerprint density at radius 3 is 2.93 bits per heavy atom. The zero-order chi connectivity index (χ0) is 11.0. The number of carbonyl (C=O) groups is 1. The predicted octanol–water partition coefficient (Wildman–Crippen LogP) is 2.41. The molecule has 0 aliphatic heterocycles. The molecule has 0 fully saturated rings. The zero-order valence-corrected chi connectivity index (χ0v) is 8.82. The van der Waals surface area contributed by atoms with Crippen LogP contribution in [0.2, 0.25) is 5.02 Å². The first-order valence-corrected chi connectivity index (χ1v) is 4.89. The zero-order valence-electron chi connectivity index (χ0n) is 8.07. The minimum Gasteiger partial charge on any atom is -0.478 e. The summed E-state index contributed by atoms with van der Waals surface area (Å²) in [5, 5.41) is 9.11. The molecule has 0 spiro atoms. The van der Waals surface area contributed by atoms with Crippen LogP contribution in [-0.2, 0) is 6.54 Å². The first-order valence-electron chi connectivity index (χ1n) is 4.51. The molecule has 0 amide bonds. The third-order valence-corrected chi connectivity index (χ3v) is 2.59. The van der Waals surface area contributed by atoms with Gasteiger partial charge in [-0.05, 0) is 19.1 Å². The van der Waals surface area contributed by atoms with E-state index in [0.29, 0.717) is 5.52 Å². The van der Waals surface area contributed by atoms with Crippen LogP contribution < -0.4 is 0 Å². The number of hydrogen-bond donors (Lipinski definition) is 1. The van der Waals surface area contributed by atoms with Crippen molar-refractivity contribution in [2.45, 2.75) is 13.5 Å². The van der Waals surface area contributed by atoms with Gasteiger partial charge in [-0.2, -0.15) is 0 Å². The Hall–Kier alpha value is -1.55. The van der Waals surface area contributed by atoms with Crippen molar-refractivity contribution < 1.29 is 9.90 Å². The third kappa shape index (κ3) is 1.57. The van der Waals surface area contributed by atoms with Gasteiger partial charge in [-0.1, -0.05) is 11.6 Å². The molecule has 0 atom stereocenters. The smallest absolute Gasteiger partial charge is 0.337 e. The molecule has 1 N–H and O–H groups in total. The molecule has 0 radical (unpaired) electrons. The summed E-state index contributed by atoms with van der Waals surface area (Å²) in [6, 6.07) is 3.13. The first-order chi connectivity index (χ1) is 7.13. The third-order valence-electron chi connectivity index (χ3n) is 2.28. The van der Waals surface area contributed by atoms with Crippen LogP contribution in [0.5, 0.6) is 0 Å². The van der Waals surface area contributed by atoms with Crippen molar-refractivity contribution in [3.63, 3.8) is 0 Å². The van der Waals surface area contributed by atoms with Gasteiger partial charge in [0.1, 0.15) is 0 Å². The number of carboxylic acid groups (broad SMARTS) is 1. The fourth-order valence-electron chi connectivity index (χ4n) is 1.49. The first kappa shape index (κ1) is 9.98. The molecule has 15 heavy (non-hydrogen) atoms. The maximum atomic E-state index is 10.8. The van der Waals surface area contributed by atoms with E-state index in [4.69, 9.17) is 16.7 Å². The number of imidazole rings is 1. The second-order valence-corrected chi connectivity index (χ2v) is 3.56. The summed E-state index contributed by atoms with van der Waals surface area (Å²) in [6.07, 6.45) is 1.67. The lowest BCUT2D eigenvalue weighted by molar-refractivity contribution is 0.0697. The summed E-state index contributed by atoms with van der Waals surface area (Å²) in [5.41, 5.74) is 1.59. The number of fused-ring (bicyclic) bond motifs is 1. The summed E-state index contributed by atoms with van der Waals surface area (Å²) in [6.45, 7) is 2.76. The summed E-state index contributed by atoms with van der Waals surface area (Å²) in [5.74, 6) is -1.03. The molecule has 0 aliphatic carbocycles. The van der Waals surface area contributed by atoms with E-state index in [-0.39, 0.29) is 10.6 Å². The van der Waals surface area contributed by atoms with Crippen LogP contribution in [0.15, 0.2) is 18.5 Å². The quantitative estimate of drug-likeness (QED) is 0.852. The van der Waals surface area contributed by atoms with Gasteiger partial charge in [-0.15, -0.1) is 0 Å². The minimum absolute atomic E-state index is 0.0884. The average Bonchev–Trinajstić information content (AvgIpc) is 2.58. The van der Waals surface area contributed by atoms with Gasteiger partial charge in [0.2, 0.25) is 0 Å². The van der Waals surface area contributed by atoms with Crippen molar-refractivity contribution in [3.8, 4) is 0 Å². The van der Waals surface area contributed by atoms with Crippen molar-refractivity contribution in [2.24, 2.45) is 0 Å².